The van der Waals surface area contributed by atoms with E-state index in [4.69, 9.17) is 28.4 Å². The second kappa shape index (κ2) is 13.2. The highest BCUT2D eigenvalue weighted by Gasteiger charge is 2.31. The van der Waals surface area contributed by atoms with Gasteiger partial charge in [-0.2, -0.15) is 0 Å². The van der Waals surface area contributed by atoms with E-state index in [9.17, 15) is 9.59 Å². The molecule has 0 N–H and O–H groups in total. The summed E-state index contributed by atoms with van der Waals surface area (Å²) in [5.74, 6) is -2.48. The van der Waals surface area contributed by atoms with E-state index >= 15 is 0 Å². The van der Waals surface area contributed by atoms with Gasteiger partial charge in [0.15, 0.2) is 5.92 Å². The number of rotatable bonds is 1. The van der Waals surface area contributed by atoms with E-state index in [1.165, 1.54) is 0 Å². The smallest absolute Gasteiger partial charge is 0.324 e. The summed E-state index contributed by atoms with van der Waals surface area (Å²) in [7, 11) is 0. The van der Waals surface area contributed by atoms with Gasteiger partial charge >= 0.3 is 11.9 Å². The first kappa shape index (κ1) is 21.3. The van der Waals surface area contributed by atoms with Gasteiger partial charge in [0, 0.05) is 0 Å². The summed E-state index contributed by atoms with van der Waals surface area (Å²) < 4.78 is 31.7. The molecule has 8 heteroatoms. The zero-order valence-corrected chi connectivity index (χ0v) is 15.3. The van der Waals surface area contributed by atoms with Crippen LogP contribution in [-0.4, -0.2) is 78.0 Å². The number of esters is 2. The van der Waals surface area contributed by atoms with Crippen LogP contribution >= 0.6 is 0 Å². The summed E-state index contributed by atoms with van der Waals surface area (Å²) in [5.41, 5.74) is 0.516. The van der Waals surface area contributed by atoms with Crippen LogP contribution in [0, 0.1) is 0 Å². The lowest BCUT2D eigenvalue weighted by molar-refractivity contribution is -0.159. The molecule has 1 saturated heterocycles. The molecule has 1 fully saturated rings. The second-order valence-corrected chi connectivity index (χ2v) is 5.63. The Morgan fingerprint density at radius 1 is 0.556 bits per heavy atom. The van der Waals surface area contributed by atoms with Crippen molar-refractivity contribution >= 4 is 11.9 Å². The van der Waals surface area contributed by atoms with Gasteiger partial charge in [0.25, 0.3) is 0 Å². The van der Waals surface area contributed by atoms with Crippen LogP contribution in [-0.2, 0) is 38.0 Å². The predicted octanol–water partition coefficient (Wildman–Crippen LogP) is 0.937. The minimum Gasteiger partial charge on any atom is -0.462 e. The summed E-state index contributed by atoms with van der Waals surface area (Å²) in [5, 5.41) is 0. The zero-order valence-electron chi connectivity index (χ0n) is 15.3. The summed E-state index contributed by atoms with van der Waals surface area (Å²) in [6, 6.07) is 8.66. The van der Waals surface area contributed by atoms with Gasteiger partial charge in [-0.05, 0) is 5.56 Å². The number of carbonyl (C=O) groups excluding carboxylic acids is 2. The van der Waals surface area contributed by atoms with E-state index in [-0.39, 0.29) is 26.4 Å². The molecule has 0 atom stereocenters. The average molecular weight is 382 g/mol. The molecule has 150 valence electrons. The van der Waals surface area contributed by atoms with Crippen molar-refractivity contribution in [1.29, 1.82) is 0 Å². The standard InChI is InChI=1S/C19H26O8/c20-18-17(16-4-2-1-3-5-16)19(21)27-15-13-25-11-9-23-7-6-22-8-10-24-12-14-26-18/h1-5,17H,6-15H2. The molecule has 0 aliphatic carbocycles. The molecule has 8 nitrogen and oxygen atoms in total. The first-order valence-electron chi connectivity index (χ1n) is 8.98. The van der Waals surface area contributed by atoms with Crippen molar-refractivity contribution in [3.8, 4) is 0 Å². The average Bonchev–Trinajstić information content (AvgIpc) is 2.68. The molecule has 0 amide bonds. The maximum Gasteiger partial charge on any atom is 0.324 e. The van der Waals surface area contributed by atoms with Crippen LogP contribution in [0.25, 0.3) is 0 Å². The molecule has 0 spiro atoms. The summed E-state index contributed by atoms with van der Waals surface area (Å²) >= 11 is 0. The molecule has 0 saturated carbocycles. The van der Waals surface area contributed by atoms with Gasteiger partial charge in [-0.1, -0.05) is 30.3 Å². The Bertz CT molecular complexity index is 518. The van der Waals surface area contributed by atoms with Crippen molar-refractivity contribution in [2.45, 2.75) is 5.92 Å². The second-order valence-electron chi connectivity index (χ2n) is 5.63. The number of ether oxygens (including phenoxy) is 6. The third kappa shape index (κ3) is 8.49. The van der Waals surface area contributed by atoms with Crippen LogP contribution in [0.15, 0.2) is 30.3 Å². The monoisotopic (exact) mass is 382 g/mol. The minimum absolute atomic E-state index is 0.0433. The number of carbonyl (C=O) groups is 2. The van der Waals surface area contributed by atoms with E-state index in [0.29, 0.717) is 45.2 Å². The Labute approximate surface area is 158 Å². The molecule has 1 aromatic carbocycles. The summed E-state index contributed by atoms with van der Waals surface area (Å²) in [4.78, 5) is 24.8. The normalized spacial score (nSPS) is 20.6. The lowest BCUT2D eigenvalue weighted by atomic mass is 9.99. The molecule has 1 aromatic rings. The summed E-state index contributed by atoms with van der Waals surface area (Å²) in [6.45, 7) is 3.06. The van der Waals surface area contributed by atoms with Gasteiger partial charge in [0.2, 0.25) is 0 Å². The third-order valence-corrected chi connectivity index (χ3v) is 3.66. The maximum atomic E-state index is 12.4. The number of hydrogen-bond acceptors (Lipinski definition) is 8. The number of cyclic esters (lactones) is 2. The summed E-state index contributed by atoms with van der Waals surface area (Å²) in [6.07, 6.45) is 0. The lowest BCUT2D eigenvalue weighted by Crippen LogP contribution is -2.28. The van der Waals surface area contributed by atoms with Crippen LogP contribution in [0.4, 0.5) is 0 Å². The third-order valence-electron chi connectivity index (χ3n) is 3.66. The lowest BCUT2D eigenvalue weighted by Gasteiger charge is -2.16. The van der Waals surface area contributed by atoms with Crippen LogP contribution in [0.2, 0.25) is 0 Å². The Morgan fingerprint density at radius 3 is 1.33 bits per heavy atom. The molecule has 1 heterocycles. The van der Waals surface area contributed by atoms with E-state index < -0.39 is 17.9 Å². The fourth-order valence-corrected chi connectivity index (χ4v) is 2.34. The molecule has 2 rings (SSSR count). The van der Waals surface area contributed by atoms with Crippen molar-refractivity contribution in [3.05, 3.63) is 35.9 Å². The molecule has 1 aliphatic rings. The highest BCUT2D eigenvalue weighted by atomic mass is 16.6. The highest BCUT2D eigenvalue weighted by molar-refractivity contribution is 6.00. The largest absolute Gasteiger partial charge is 0.462 e. The van der Waals surface area contributed by atoms with Gasteiger partial charge in [-0.15, -0.1) is 0 Å². The first-order chi connectivity index (χ1) is 13.3. The van der Waals surface area contributed by atoms with Crippen molar-refractivity contribution in [2.75, 3.05) is 66.1 Å². The minimum atomic E-state index is -1.14. The maximum absolute atomic E-state index is 12.4. The van der Waals surface area contributed by atoms with Gasteiger partial charge < -0.3 is 28.4 Å². The van der Waals surface area contributed by atoms with E-state index in [0.717, 1.165) is 0 Å². The van der Waals surface area contributed by atoms with Crippen LogP contribution in [0.3, 0.4) is 0 Å². The predicted molar refractivity (Wildman–Crippen MR) is 94.4 cm³/mol. The van der Waals surface area contributed by atoms with Gasteiger partial charge in [-0.25, -0.2) is 0 Å². The number of hydrogen-bond donors (Lipinski definition) is 0. The fourth-order valence-electron chi connectivity index (χ4n) is 2.34. The van der Waals surface area contributed by atoms with Gasteiger partial charge in [0.05, 0.1) is 52.9 Å². The SMILES string of the molecule is O=C1OCCOCCOCCOCCOCCOC(=O)C1c1ccccc1. The Hall–Kier alpha value is -2.00. The van der Waals surface area contributed by atoms with Gasteiger partial charge in [0.1, 0.15) is 13.2 Å². The van der Waals surface area contributed by atoms with E-state index in [1.54, 1.807) is 30.3 Å². The first-order valence-corrected chi connectivity index (χ1v) is 8.98. The fraction of sp³-hybridized carbons (Fsp3) is 0.579. The Balaban J connectivity index is 1.93. The number of benzene rings is 1. The van der Waals surface area contributed by atoms with Crippen LogP contribution in [0.1, 0.15) is 11.5 Å². The van der Waals surface area contributed by atoms with Crippen LogP contribution in [0.5, 0.6) is 0 Å². The molecule has 0 unspecified atom stereocenters. The molecule has 1 aliphatic heterocycles. The van der Waals surface area contributed by atoms with Crippen molar-refractivity contribution in [2.24, 2.45) is 0 Å². The van der Waals surface area contributed by atoms with Crippen molar-refractivity contribution in [3.63, 3.8) is 0 Å². The Kier molecular flexibility index (Phi) is 10.4. The van der Waals surface area contributed by atoms with E-state index in [2.05, 4.69) is 0 Å². The molecule has 0 radical (unpaired) electrons. The molecule has 0 bridgehead atoms. The molecular formula is C19H26O8. The topological polar surface area (TPSA) is 89.5 Å². The quantitative estimate of drug-likeness (QED) is 0.524. The van der Waals surface area contributed by atoms with Crippen molar-refractivity contribution in [1.82, 2.24) is 0 Å². The van der Waals surface area contributed by atoms with Crippen LogP contribution < -0.4 is 0 Å². The van der Waals surface area contributed by atoms with Crippen molar-refractivity contribution < 1.29 is 38.0 Å². The molecule has 27 heavy (non-hydrogen) atoms. The van der Waals surface area contributed by atoms with E-state index in [1.807, 2.05) is 0 Å². The highest BCUT2D eigenvalue weighted by Crippen LogP contribution is 2.19. The molecule has 0 aromatic heterocycles. The zero-order chi connectivity index (χ0) is 19.2. The Morgan fingerprint density at radius 2 is 0.926 bits per heavy atom. The molecular weight excluding hydrogens is 356 g/mol. The van der Waals surface area contributed by atoms with Gasteiger partial charge in [-0.3, -0.25) is 9.59 Å².